The molecule has 0 bridgehead atoms. The van der Waals surface area contributed by atoms with Crippen LogP contribution in [0.15, 0.2) is 28.8 Å². The third kappa shape index (κ3) is 1.25. The largest absolute Gasteiger partial charge is 0.355 e. The number of rotatable bonds is 1. The number of para-hydroxylation sites is 1. The maximum absolute atomic E-state index is 11.6. The van der Waals surface area contributed by atoms with Gasteiger partial charge in [-0.3, -0.25) is 4.79 Å². The molecule has 0 aliphatic rings. The molecule has 0 aliphatic heterocycles. The van der Waals surface area contributed by atoms with E-state index in [1.807, 2.05) is 18.2 Å². The maximum Gasteiger partial charge on any atom is 0.276 e. The Bertz CT molecular complexity index is 474. The Morgan fingerprint density at radius 1 is 1.36 bits per heavy atom. The highest BCUT2D eigenvalue weighted by Gasteiger charge is 2.16. The van der Waals surface area contributed by atoms with Crippen molar-refractivity contribution < 1.29 is 9.32 Å². The third-order valence-electron chi connectivity index (χ3n) is 1.99. The predicted octanol–water partition coefficient (Wildman–Crippen LogP) is 1.53. The van der Waals surface area contributed by atoms with E-state index in [4.69, 9.17) is 4.52 Å². The van der Waals surface area contributed by atoms with Crippen molar-refractivity contribution >= 4 is 16.9 Å². The Balaban J connectivity index is 2.58. The lowest BCUT2D eigenvalue weighted by atomic mass is 10.2. The fourth-order valence-electron chi connectivity index (χ4n) is 1.25. The van der Waals surface area contributed by atoms with E-state index >= 15 is 0 Å². The molecule has 1 amide bonds. The van der Waals surface area contributed by atoms with Gasteiger partial charge in [0.05, 0.1) is 5.39 Å². The van der Waals surface area contributed by atoms with Gasteiger partial charge in [0.25, 0.3) is 5.91 Å². The van der Waals surface area contributed by atoms with Crippen molar-refractivity contribution in [1.29, 1.82) is 0 Å². The second kappa shape index (κ2) is 3.14. The van der Waals surface area contributed by atoms with Gasteiger partial charge in [-0.15, -0.1) is 0 Å². The highest BCUT2D eigenvalue weighted by molar-refractivity contribution is 6.03. The second-order valence-electron chi connectivity index (χ2n) is 3.23. The molecule has 0 unspecified atom stereocenters. The monoisotopic (exact) mass is 190 g/mol. The number of fused-ring (bicyclic) bond motifs is 1. The average molecular weight is 190 g/mol. The van der Waals surface area contributed by atoms with Gasteiger partial charge in [0.1, 0.15) is 0 Å². The van der Waals surface area contributed by atoms with E-state index in [1.165, 1.54) is 4.90 Å². The molecule has 0 spiro atoms. The first-order valence-electron chi connectivity index (χ1n) is 4.26. The molecule has 1 aromatic heterocycles. The minimum Gasteiger partial charge on any atom is -0.355 e. The Morgan fingerprint density at radius 3 is 2.79 bits per heavy atom. The molecule has 2 aromatic rings. The fraction of sp³-hybridized carbons (Fsp3) is 0.200. The van der Waals surface area contributed by atoms with E-state index in [2.05, 4.69) is 5.16 Å². The zero-order valence-electron chi connectivity index (χ0n) is 8.02. The zero-order chi connectivity index (χ0) is 10.1. The first-order valence-corrected chi connectivity index (χ1v) is 4.26. The summed E-state index contributed by atoms with van der Waals surface area (Å²) >= 11 is 0. The highest BCUT2D eigenvalue weighted by atomic mass is 16.5. The molecule has 0 aliphatic carbocycles. The van der Waals surface area contributed by atoms with Crippen LogP contribution in [0.2, 0.25) is 0 Å². The summed E-state index contributed by atoms with van der Waals surface area (Å²) in [6.07, 6.45) is 0. The molecule has 0 N–H and O–H groups in total. The number of benzene rings is 1. The molecule has 0 atom stereocenters. The topological polar surface area (TPSA) is 46.3 Å². The van der Waals surface area contributed by atoms with Gasteiger partial charge in [0.15, 0.2) is 11.3 Å². The molecule has 4 nitrogen and oxygen atoms in total. The van der Waals surface area contributed by atoms with Crippen molar-refractivity contribution in [1.82, 2.24) is 10.1 Å². The molecule has 0 saturated heterocycles. The van der Waals surface area contributed by atoms with Crippen molar-refractivity contribution in [3.63, 3.8) is 0 Å². The van der Waals surface area contributed by atoms with Crippen molar-refractivity contribution in [2.75, 3.05) is 14.1 Å². The van der Waals surface area contributed by atoms with E-state index in [-0.39, 0.29) is 5.91 Å². The van der Waals surface area contributed by atoms with Crippen molar-refractivity contribution in [3.05, 3.63) is 30.0 Å². The quantitative estimate of drug-likeness (QED) is 0.685. The van der Waals surface area contributed by atoms with E-state index < -0.39 is 0 Å². The molecule has 1 heterocycles. The van der Waals surface area contributed by atoms with Crippen LogP contribution in [-0.2, 0) is 0 Å². The summed E-state index contributed by atoms with van der Waals surface area (Å²) in [6.45, 7) is 0. The predicted molar refractivity (Wildman–Crippen MR) is 52.0 cm³/mol. The van der Waals surface area contributed by atoms with Crippen LogP contribution in [0.1, 0.15) is 10.5 Å². The maximum atomic E-state index is 11.6. The number of amides is 1. The lowest BCUT2D eigenvalue weighted by Gasteiger charge is -2.06. The van der Waals surface area contributed by atoms with E-state index in [0.29, 0.717) is 11.3 Å². The Kier molecular flexibility index (Phi) is 1.96. The first kappa shape index (κ1) is 8.74. The number of aromatic nitrogens is 1. The van der Waals surface area contributed by atoms with Crippen LogP contribution >= 0.6 is 0 Å². The Labute approximate surface area is 81.1 Å². The van der Waals surface area contributed by atoms with E-state index in [1.54, 1.807) is 20.2 Å². The summed E-state index contributed by atoms with van der Waals surface area (Å²) in [5.41, 5.74) is 1.00. The normalized spacial score (nSPS) is 10.4. The van der Waals surface area contributed by atoms with Crippen LogP contribution < -0.4 is 0 Å². The van der Waals surface area contributed by atoms with Gasteiger partial charge in [-0.1, -0.05) is 17.3 Å². The Morgan fingerprint density at radius 2 is 2.07 bits per heavy atom. The lowest BCUT2D eigenvalue weighted by Crippen LogP contribution is -2.22. The van der Waals surface area contributed by atoms with Gasteiger partial charge < -0.3 is 9.42 Å². The average Bonchev–Trinajstić information content (AvgIpc) is 2.60. The van der Waals surface area contributed by atoms with Gasteiger partial charge >= 0.3 is 0 Å². The fourth-order valence-corrected chi connectivity index (χ4v) is 1.25. The van der Waals surface area contributed by atoms with Gasteiger partial charge in [0.2, 0.25) is 0 Å². The Hall–Kier alpha value is -1.84. The molecule has 0 fully saturated rings. The van der Waals surface area contributed by atoms with Gasteiger partial charge in [-0.05, 0) is 12.1 Å². The molecule has 0 radical (unpaired) electrons. The summed E-state index contributed by atoms with van der Waals surface area (Å²) < 4.78 is 5.02. The standard InChI is InChI=1S/C10H10N2O2/c1-12(2)10(13)9-7-5-3-4-6-8(7)14-11-9/h3-6H,1-2H3. The number of carbonyl (C=O) groups is 1. The van der Waals surface area contributed by atoms with Crippen molar-refractivity contribution in [2.45, 2.75) is 0 Å². The third-order valence-corrected chi connectivity index (χ3v) is 1.99. The first-order chi connectivity index (χ1) is 6.70. The smallest absolute Gasteiger partial charge is 0.276 e. The van der Waals surface area contributed by atoms with Gasteiger partial charge in [-0.2, -0.15) is 0 Å². The molecular formula is C10H10N2O2. The zero-order valence-corrected chi connectivity index (χ0v) is 8.02. The summed E-state index contributed by atoms with van der Waals surface area (Å²) in [6, 6.07) is 7.31. The summed E-state index contributed by atoms with van der Waals surface area (Å²) in [7, 11) is 3.37. The van der Waals surface area contributed by atoms with Crippen LogP contribution in [0.4, 0.5) is 0 Å². The number of hydrogen-bond donors (Lipinski definition) is 0. The molecule has 72 valence electrons. The lowest BCUT2D eigenvalue weighted by molar-refractivity contribution is 0.0819. The second-order valence-corrected chi connectivity index (χ2v) is 3.23. The van der Waals surface area contributed by atoms with Crippen molar-refractivity contribution in [2.24, 2.45) is 0 Å². The van der Waals surface area contributed by atoms with E-state index in [9.17, 15) is 4.79 Å². The van der Waals surface area contributed by atoms with Crippen LogP contribution in [0.3, 0.4) is 0 Å². The minimum atomic E-state index is -0.144. The van der Waals surface area contributed by atoms with E-state index in [0.717, 1.165) is 5.39 Å². The summed E-state index contributed by atoms with van der Waals surface area (Å²) in [5, 5.41) is 4.51. The molecule has 0 saturated carbocycles. The number of hydrogen-bond acceptors (Lipinski definition) is 3. The SMILES string of the molecule is CN(C)C(=O)c1noc2ccccc12. The molecular weight excluding hydrogens is 180 g/mol. The molecule has 4 heteroatoms. The molecule has 14 heavy (non-hydrogen) atoms. The van der Waals surface area contributed by atoms with Crippen LogP contribution in [0, 0.1) is 0 Å². The van der Waals surface area contributed by atoms with Crippen LogP contribution in [0.5, 0.6) is 0 Å². The summed E-state index contributed by atoms with van der Waals surface area (Å²) in [4.78, 5) is 13.1. The van der Waals surface area contributed by atoms with Crippen molar-refractivity contribution in [3.8, 4) is 0 Å². The van der Waals surface area contributed by atoms with Gasteiger partial charge in [0, 0.05) is 14.1 Å². The molecule has 2 rings (SSSR count). The summed E-state index contributed by atoms with van der Waals surface area (Å²) in [5.74, 6) is -0.144. The van der Waals surface area contributed by atoms with Crippen LogP contribution in [0.25, 0.3) is 11.0 Å². The minimum absolute atomic E-state index is 0.144. The number of carbonyl (C=O) groups excluding carboxylic acids is 1. The van der Waals surface area contributed by atoms with Crippen LogP contribution in [-0.4, -0.2) is 30.1 Å². The molecule has 1 aromatic carbocycles. The van der Waals surface area contributed by atoms with Gasteiger partial charge in [-0.25, -0.2) is 0 Å². The number of nitrogens with zero attached hydrogens (tertiary/aromatic N) is 2. The highest BCUT2D eigenvalue weighted by Crippen LogP contribution is 2.18.